The molecule has 1 amide bonds. The van der Waals surface area contributed by atoms with Gasteiger partial charge in [0.05, 0.1) is 4.90 Å². The molecule has 34 heavy (non-hydrogen) atoms. The number of sulfonamides is 1. The number of hydrogen-bond acceptors (Lipinski definition) is 4. The molecule has 1 saturated heterocycles. The number of aromatic nitrogens is 1. The molecule has 1 aromatic heterocycles. The van der Waals surface area contributed by atoms with Gasteiger partial charge in [-0.25, -0.2) is 8.42 Å². The standard InChI is InChI=1S/C26H34N4O3S/c1-4-30(5-2)34(32,33)23-11-12-24-21(17-23)18-25(28(24)3)26(31)27-22-13-15-29(16-14-22)19-20-9-7-6-8-10-20/h6-12,17-18,22H,4-5,13-16,19H2,1-3H3,(H,27,31). The van der Waals surface area contributed by atoms with Gasteiger partial charge in [0.2, 0.25) is 10.0 Å². The van der Waals surface area contributed by atoms with Crippen molar-refractivity contribution in [1.29, 1.82) is 0 Å². The minimum Gasteiger partial charge on any atom is -0.348 e. The van der Waals surface area contributed by atoms with Crippen molar-refractivity contribution in [2.24, 2.45) is 7.05 Å². The molecular weight excluding hydrogens is 448 g/mol. The first-order chi connectivity index (χ1) is 16.3. The summed E-state index contributed by atoms with van der Waals surface area (Å²) in [4.78, 5) is 15.8. The van der Waals surface area contributed by atoms with Crippen LogP contribution in [-0.4, -0.2) is 60.3 Å². The highest BCUT2D eigenvalue weighted by Crippen LogP contribution is 2.25. The Bertz CT molecular complexity index is 1240. The number of amides is 1. The van der Waals surface area contributed by atoms with E-state index in [1.54, 1.807) is 24.3 Å². The third kappa shape index (κ3) is 5.04. The highest BCUT2D eigenvalue weighted by molar-refractivity contribution is 7.89. The number of carbonyl (C=O) groups is 1. The Hall–Kier alpha value is -2.68. The summed E-state index contributed by atoms with van der Waals surface area (Å²) in [6.07, 6.45) is 1.82. The van der Waals surface area contributed by atoms with Gasteiger partial charge in [0.15, 0.2) is 0 Å². The van der Waals surface area contributed by atoms with Crippen molar-refractivity contribution >= 4 is 26.8 Å². The first kappa shape index (κ1) is 24.4. The minimum absolute atomic E-state index is 0.117. The fourth-order valence-corrected chi connectivity index (χ4v) is 6.25. The van der Waals surface area contributed by atoms with E-state index in [-0.39, 0.29) is 16.8 Å². The molecule has 1 N–H and O–H groups in total. The minimum atomic E-state index is -3.55. The maximum atomic E-state index is 13.1. The Labute approximate surface area is 202 Å². The van der Waals surface area contributed by atoms with E-state index in [0.29, 0.717) is 18.8 Å². The maximum absolute atomic E-state index is 13.1. The van der Waals surface area contributed by atoms with Crippen LogP contribution < -0.4 is 5.32 Å². The molecule has 7 nitrogen and oxygen atoms in total. The molecule has 0 bridgehead atoms. The molecule has 0 radical (unpaired) electrons. The zero-order chi connectivity index (χ0) is 24.3. The van der Waals surface area contributed by atoms with Gasteiger partial charge in [-0.2, -0.15) is 4.31 Å². The van der Waals surface area contributed by atoms with Crippen LogP contribution in [0, 0.1) is 0 Å². The van der Waals surface area contributed by atoms with Crippen molar-refractivity contribution in [2.45, 2.75) is 44.2 Å². The van der Waals surface area contributed by atoms with Gasteiger partial charge in [-0.3, -0.25) is 9.69 Å². The molecule has 0 atom stereocenters. The Morgan fingerprint density at radius 2 is 1.71 bits per heavy atom. The Morgan fingerprint density at radius 1 is 1.03 bits per heavy atom. The topological polar surface area (TPSA) is 74.7 Å². The Kier molecular flexibility index (Phi) is 7.40. The van der Waals surface area contributed by atoms with E-state index in [9.17, 15) is 13.2 Å². The largest absolute Gasteiger partial charge is 0.348 e. The monoisotopic (exact) mass is 482 g/mol. The maximum Gasteiger partial charge on any atom is 0.268 e. The molecular formula is C26H34N4O3S. The predicted molar refractivity (Wildman–Crippen MR) is 135 cm³/mol. The average Bonchev–Trinajstić information content (AvgIpc) is 3.17. The van der Waals surface area contributed by atoms with Crippen LogP contribution in [0.5, 0.6) is 0 Å². The molecule has 2 heterocycles. The summed E-state index contributed by atoms with van der Waals surface area (Å²) in [7, 11) is -1.70. The number of fused-ring (bicyclic) bond motifs is 1. The molecule has 8 heteroatoms. The second-order valence-electron chi connectivity index (χ2n) is 8.91. The van der Waals surface area contributed by atoms with E-state index >= 15 is 0 Å². The summed E-state index contributed by atoms with van der Waals surface area (Å²) >= 11 is 0. The Morgan fingerprint density at radius 3 is 2.35 bits per heavy atom. The lowest BCUT2D eigenvalue weighted by Crippen LogP contribution is -2.44. The number of nitrogens with one attached hydrogen (secondary N) is 1. The quantitative estimate of drug-likeness (QED) is 0.532. The van der Waals surface area contributed by atoms with Crippen molar-refractivity contribution in [3.05, 3.63) is 65.9 Å². The van der Waals surface area contributed by atoms with Crippen molar-refractivity contribution in [2.75, 3.05) is 26.2 Å². The number of rotatable bonds is 8. The smallest absolute Gasteiger partial charge is 0.268 e. The van der Waals surface area contributed by atoms with Gasteiger partial charge in [-0.15, -0.1) is 0 Å². The summed E-state index contributed by atoms with van der Waals surface area (Å²) in [5.41, 5.74) is 2.68. The van der Waals surface area contributed by atoms with Gasteiger partial charge in [0.25, 0.3) is 5.91 Å². The molecule has 0 aliphatic carbocycles. The number of nitrogens with zero attached hydrogens (tertiary/aromatic N) is 3. The lowest BCUT2D eigenvalue weighted by atomic mass is 10.0. The number of likely N-dealkylation sites (tertiary alicyclic amines) is 1. The molecule has 1 fully saturated rings. The first-order valence-electron chi connectivity index (χ1n) is 12.0. The molecule has 1 aliphatic heterocycles. The third-order valence-electron chi connectivity index (χ3n) is 6.76. The van der Waals surface area contributed by atoms with E-state index in [1.165, 1.54) is 9.87 Å². The summed E-state index contributed by atoms with van der Waals surface area (Å²) < 4.78 is 29.1. The average molecular weight is 483 g/mol. The van der Waals surface area contributed by atoms with Crippen LogP contribution in [0.15, 0.2) is 59.5 Å². The van der Waals surface area contributed by atoms with Crippen molar-refractivity contribution in [3.63, 3.8) is 0 Å². The summed E-state index contributed by atoms with van der Waals surface area (Å²) in [6.45, 7) is 7.33. The molecule has 0 spiro atoms. The Balaban J connectivity index is 1.43. The summed E-state index contributed by atoms with van der Waals surface area (Å²) in [6, 6.07) is 17.4. The fraction of sp³-hybridized carbons (Fsp3) is 0.423. The fourth-order valence-electron chi connectivity index (χ4n) is 4.75. The number of aryl methyl sites for hydroxylation is 1. The van der Waals surface area contributed by atoms with E-state index in [1.807, 2.05) is 31.5 Å². The second-order valence-corrected chi connectivity index (χ2v) is 10.8. The van der Waals surface area contributed by atoms with Crippen molar-refractivity contribution < 1.29 is 13.2 Å². The van der Waals surface area contributed by atoms with Crippen LogP contribution in [0.4, 0.5) is 0 Å². The second kappa shape index (κ2) is 10.3. The predicted octanol–water partition coefficient (Wildman–Crippen LogP) is 3.60. The van der Waals surface area contributed by atoms with Crippen LogP contribution in [0.1, 0.15) is 42.7 Å². The molecule has 2 aromatic carbocycles. The van der Waals surface area contributed by atoms with Crippen molar-refractivity contribution in [1.82, 2.24) is 19.1 Å². The zero-order valence-electron chi connectivity index (χ0n) is 20.2. The van der Waals surface area contributed by atoms with Crippen molar-refractivity contribution in [3.8, 4) is 0 Å². The summed E-state index contributed by atoms with van der Waals surface area (Å²) in [5.74, 6) is -0.117. The van der Waals surface area contributed by atoms with E-state index in [4.69, 9.17) is 0 Å². The summed E-state index contributed by atoms with van der Waals surface area (Å²) in [5, 5.41) is 3.94. The van der Waals surface area contributed by atoms with Gasteiger partial charge in [-0.05, 0) is 42.7 Å². The van der Waals surface area contributed by atoms with Crippen LogP contribution >= 0.6 is 0 Å². The molecule has 182 valence electrons. The van der Waals surface area contributed by atoms with Crippen LogP contribution in [0.2, 0.25) is 0 Å². The molecule has 1 aliphatic rings. The molecule has 0 unspecified atom stereocenters. The van der Waals surface area contributed by atoms with Gasteiger partial charge in [0, 0.05) is 56.7 Å². The molecule has 3 aromatic rings. The van der Waals surface area contributed by atoms with Crippen LogP contribution in [-0.2, 0) is 23.6 Å². The normalized spacial score (nSPS) is 15.8. The van der Waals surface area contributed by atoms with Gasteiger partial charge >= 0.3 is 0 Å². The highest BCUT2D eigenvalue weighted by Gasteiger charge is 2.25. The highest BCUT2D eigenvalue weighted by atomic mass is 32.2. The van der Waals surface area contributed by atoms with Crippen LogP contribution in [0.25, 0.3) is 10.9 Å². The molecule has 0 saturated carbocycles. The van der Waals surface area contributed by atoms with Gasteiger partial charge in [0.1, 0.15) is 5.69 Å². The van der Waals surface area contributed by atoms with Gasteiger partial charge < -0.3 is 9.88 Å². The number of carbonyl (C=O) groups excluding carboxylic acids is 1. The van der Waals surface area contributed by atoms with Gasteiger partial charge in [-0.1, -0.05) is 44.2 Å². The van der Waals surface area contributed by atoms with Crippen LogP contribution in [0.3, 0.4) is 0 Å². The van der Waals surface area contributed by atoms with E-state index in [2.05, 4.69) is 34.5 Å². The van der Waals surface area contributed by atoms with E-state index in [0.717, 1.165) is 43.4 Å². The number of hydrogen-bond donors (Lipinski definition) is 1. The first-order valence-corrected chi connectivity index (χ1v) is 13.4. The molecule has 4 rings (SSSR count). The number of piperidine rings is 1. The zero-order valence-corrected chi connectivity index (χ0v) is 21.0. The number of benzene rings is 2. The lowest BCUT2D eigenvalue weighted by Gasteiger charge is -2.32. The third-order valence-corrected chi connectivity index (χ3v) is 8.81. The van der Waals surface area contributed by atoms with E-state index < -0.39 is 10.0 Å². The SMILES string of the molecule is CCN(CC)S(=O)(=O)c1ccc2c(c1)cc(C(=O)NC1CCN(Cc3ccccc3)CC1)n2C. The lowest BCUT2D eigenvalue weighted by molar-refractivity contribution is 0.0901.